The molecule has 2 aromatic rings. The van der Waals surface area contributed by atoms with Crippen LogP contribution in [0.5, 0.6) is 5.75 Å². The Morgan fingerprint density at radius 1 is 0.903 bits per heavy atom. The Bertz CT molecular complexity index is 933. The number of hydrazine groups is 1. The van der Waals surface area contributed by atoms with Crippen LogP contribution in [0.4, 0.5) is 5.69 Å². The number of hydrogen-bond acceptors (Lipinski definition) is 6. The van der Waals surface area contributed by atoms with Crippen LogP contribution in [-0.4, -0.2) is 36.9 Å². The van der Waals surface area contributed by atoms with Crippen molar-refractivity contribution in [3.63, 3.8) is 0 Å². The second-order valence-electron chi connectivity index (χ2n) is 6.15. The molecule has 0 saturated carbocycles. The summed E-state index contributed by atoms with van der Waals surface area (Å²) in [6.07, 6.45) is -0.494. The molecule has 0 unspecified atom stereocenters. The minimum absolute atomic E-state index is 0.197. The topological polar surface area (TPSA) is 123 Å². The summed E-state index contributed by atoms with van der Waals surface area (Å²) in [5.41, 5.74) is 5.11. The van der Waals surface area contributed by atoms with Gasteiger partial charge in [-0.1, -0.05) is 23.7 Å². The minimum atomic E-state index is -0.727. The van der Waals surface area contributed by atoms with Crippen molar-refractivity contribution in [2.75, 3.05) is 18.5 Å². The van der Waals surface area contributed by atoms with E-state index in [4.69, 9.17) is 21.1 Å². The van der Waals surface area contributed by atoms with Gasteiger partial charge in [-0.15, -0.1) is 0 Å². The summed E-state index contributed by atoms with van der Waals surface area (Å²) in [5, 5.41) is 2.81. The number of carbonyl (C=O) groups is 4. The molecule has 3 N–H and O–H groups in total. The van der Waals surface area contributed by atoms with Gasteiger partial charge in [0.25, 0.3) is 11.8 Å². The lowest BCUT2D eigenvalue weighted by atomic mass is 10.2. The van der Waals surface area contributed by atoms with Crippen molar-refractivity contribution in [1.29, 1.82) is 0 Å². The van der Waals surface area contributed by atoms with Crippen molar-refractivity contribution >= 4 is 41.0 Å². The summed E-state index contributed by atoms with van der Waals surface area (Å²) in [5.74, 6) is -1.76. The standard InChI is InChI=1S/C21H22ClN3O6/c1-2-30-15-9-7-14(8-10-15)23-19(27)13-31-20(28)12-11-18(26)24-25-21(29)16-5-3-4-6-17(16)22/h3-10H,2,11-13H2,1H3,(H,23,27)(H,24,26)(H,25,29). The number of esters is 1. The van der Waals surface area contributed by atoms with Gasteiger partial charge in [0.15, 0.2) is 6.61 Å². The van der Waals surface area contributed by atoms with Gasteiger partial charge in [0.05, 0.1) is 23.6 Å². The van der Waals surface area contributed by atoms with E-state index in [2.05, 4.69) is 16.2 Å². The highest BCUT2D eigenvalue weighted by molar-refractivity contribution is 6.33. The SMILES string of the molecule is CCOc1ccc(NC(=O)COC(=O)CCC(=O)NNC(=O)c2ccccc2Cl)cc1. The Morgan fingerprint density at radius 3 is 2.29 bits per heavy atom. The molecular weight excluding hydrogens is 426 g/mol. The largest absolute Gasteiger partial charge is 0.494 e. The zero-order valence-electron chi connectivity index (χ0n) is 16.8. The summed E-state index contributed by atoms with van der Waals surface area (Å²) in [7, 11) is 0. The van der Waals surface area contributed by atoms with Crippen molar-refractivity contribution in [3.05, 3.63) is 59.1 Å². The van der Waals surface area contributed by atoms with E-state index in [1.807, 2.05) is 6.92 Å². The van der Waals surface area contributed by atoms with Gasteiger partial charge in [0.2, 0.25) is 5.91 Å². The molecule has 164 valence electrons. The first kappa shape index (κ1) is 23.7. The van der Waals surface area contributed by atoms with Gasteiger partial charge < -0.3 is 14.8 Å². The van der Waals surface area contributed by atoms with Gasteiger partial charge in [-0.05, 0) is 43.3 Å². The van der Waals surface area contributed by atoms with Gasteiger partial charge in [-0.3, -0.25) is 30.0 Å². The monoisotopic (exact) mass is 447 g/mol. The molecule has 0 aliphatic rings. The molecule has 10 heteroatoms. The van der Waals surface area contributed by atoms with E-state index >= 15 is 0 Å². The number of rotatable bonds is 9. The molecule has 0 aromatic heterocycles. The third-order valence-electron chi connectivity index (χ3n) is 3.80. The molecule has 0 heterocycles. The van der Waals surface area contributed by atoms with E-state index in [1.165, 1.54) is 6.07 Å². The zero-order valence-corrected chi connectivity index (χ0v) is 17.5. The number of anilines is 1. The minimum Gasteiger partial charge on any atom is -0.494 e. The van der Waals surface area contributed by atoms with Crippen molar-refractivity contribution < 1.29 is 28.7 Å². The van der Waals surface area contributed by atoms with Crippen LogP contribution >= 0.6 is 11.6 Å². The molecule has 3 amide bonds. The number of nitrogens with one attached hydrogen (secondary N) is 3. The smallest absolute Gasteiger partial charge is 0.306 e. The molecule has 0 aliphatic heterocycles. The Morgan fingerprint density at radius 2 is 1.61 bits per heavy atom. The lowest BCUT2D eigenvalue weighted by Gasteiger charge is -2.09. The van der Waals surface area contributed by atoms with Crippen LogP contribution in [0, 0.1) is 0 Å². The Balaban J connectivity index is 1.64. The summed E-state index contributed by atoms with van der Waals surface area (Å²) < 4.78 is 10.1. The number of halogens is 1. The highest BCUT2D eigenvalue weighted by Gasteiger charge is 2.13. The third-order valence-corrected chi connectivity index (χ3v) is 4.13. The number of hydrogen-bond donors (Lipinski definition) is 3. The molecule has 0 bridgehead atoms. The van der Waals surface area contributed by atoms with E-state index < -0.39 is 30.3 Å². The average molecular weight is 448 g/mol. The van der Waals surface area contributed by atoms with Gasteiger partial charge in [-0.25, -0.2) is 0 Å². The molecule has 0 aliphatic carbocycles. The Labute approximate surface area is 184 Å². The van der Waals surface area contributed by atoms with Gasteiger partial charge in [-0.2, -0.15) is 0 Å². The molecule has 9 nitrogen and oxygen atoms in total. The fourth-order valence-corrected chi connectivity index (χ4v) is 2.56. The van der Waals surface area contributed by atoms with Crippen LogP contribution in [-0.2, 0) is 19.1 Å². The lowest BCUT2D eigenvalue weighted by Crippen LogP contribution is -2.41. The van der Waals surface area contributed by atoms with E-state index in [9.17, 15) is 19.2 Å². The van der Waals surface area contributed by atoms with E-state index in [1.54, 1.807) is 42.5 Å². The fourth-order valence-electron chi connectivity index (χ4n) is 2.33. The van der Waals surface area contributed by atoms with Crippen LogP contribution in [0.2, 0.25) is 5.02 Å². The second kappa shape index (κ2) is 12.2. The quantitative estimate of drug-likeness (QED) is 0.401. The predicted molar refractivity (Wildman–Crippen MR) is 113 cm³/mol. The van der Waals surface area contributed by atoms with Crippen LogP contribution in [0.1, 0.15) is 30.1 Å². The molecule has 2 aromatic carbocycles. The van der Waals surface area contributed by atoms with E-state index in [-0.39, 0.29) is 23.4 Å². The van der Waals surface area contributed by atoms with Crippen molar-refractivity contribution in [3.8, 4) is 5.75 Å². The maximum absolute atomic E-state index is 11.9. The van der Waals surface area contributed by atoms with Crippen LogP contribution in [0.3, 0.4) is 0 Å². The maximum Gasteiger partial charge on any atom is 0.306 e. The molecule has 2 rings (SSSR count). The van der Waals surface area contributed by atoms with Crippen molar-refractivity contribution in [2.45, 2.75) is 19.8 Å². The first-order chi connectivity index (χ1) is 14.9. The first-order valence-electron chi connectivity index (χ1n) is 9.41. The molecule has 31 heavy (non-hydrogen) atoms. The molecule has 0 saturated heterocycles. The zero-order chi connectivity index (χ0) is 22.6. The van der Waals surface area contributed by atoms with Crippen LogP contribution in [0.15, 0.2) is 48.5 Å². The molecule has 0 atom stereocenters. The van der Waals surface area contributed by atoms with E-state index in [0.717, 1.165) is 0 Å². The number of ether oxygens (including phenoxy) is 2. The summed E-state index contributed by atoms with van der Waals surface area (Å²) in [6.45, 7) is 1.91. The predicted octanol–water partition coefficient (Wildman–Crippen LogP) is 2.46. The van der Waals surface area contributed by atoms with Crippen molar-refractivity contribution in [2.24, 2.45) is 0 Å². The summed E-state index contributed by atoms with van der Waals surface area (Å²) >= 11 is 5.90. The maximum atomic E-state index is 11.9. The van der Waals surface area contributed by atoms with Gasteiger partial charge in [0, 0.05) is 12.1 Å². The van der Waals surface area contributed by atoms with Crippen molar-refractivity contribution in [1.82, 2.24) is 10.9 Å². The van der Waals surface area contributed by atoms with Gasteiger partial charge >= 0.3 is 5.97 Å². The number of benzene rings is 2. The third kappa shape index (κ3) is 8.35. The van der Waals surface area contributed by atoms with Crippen LogP contribution in [0.25, 0.3) is 0 Å². The molecule has 0 radical (unpaired) electrons. The van der Waals surface area contributed by atoms with Crippen LogP contribution < -0.4 is 20.9 Å². The normalized spacial score (nSPS) is 10.0. The van der Waals surface area contributed by atoms with E-state index in [0.29, 0.717) is 18.0 Å². The summed E-state index contributed by atoms with van der Waals surface area (Å²) in [6, 6.07) is 13.1. The summed E-state index contributed by atoms with van der Waals surface area (Å²) in [4.78, 5) is 47.3. The average Bonchev–Trinajstić information content (AvgIpc) is 2.76. The lowest BCUT2D eigenvalue weighted by molar-refractivity contribution is -0.148. The second-order valence-corrected chi connectivity index (χ2v) is 6.56. The Kier molecular flexibility index (Phi) is 9.31. The number of carbonyl (C=O) groups excluding carboxylic acids is 4. The first-order valence-corrected chi connectivity index (χ1v) is 9.79. The molecule has 0 spiro atoms. The molecular formula is C21H22ClN3O6. The van der Waals surface area contributed by atoms with Gasteiger partial charge in [0.1, 0.15) is 5.75 Å². The number of amides is 3. The molecule has 0 fully saturated rings. The Hall–Kier alpha value is -3.59. The fraction of sp³-hybridized carbons (Fsp3) is 0.238. The highest BCUT2D eigenvalue weighted by atomic mass is 35.5. The highest BCUT2D eigenvalue weighted by Crippen LogP contribution is 2.15.